The number of carbonyl (C=O) groups excluding carboxylic acids is 1. The van der Waals surface area contributed by atoms with Crippen LogP contribution in [0.2, 0.25) is 0 Å². The summed E-state index contributed by atoms with van der Waals surface area (Å²) >= 11 is 0. The van der Waals surface area contributed by atoms with Gasteiger partial charge in [-0.1, -0.05) is 0 Å². The Morgan fingerprint density at radius 2 is 2.22 bits per heavy atom. The van der Waals surface area contributed by atoms with Crippen molar-refractivity contribution in [2.24, 2.45) is 0 Å². The molecule has 1 aromatic carbocycles. The first-order valence-corrected chi connectivity index (χ1v) is 5.89. The van der Waals surface area contributed by atoms with Gasteiger partial charge in [0, 0.05) is 0 Å². The smallest absolute Gasteiger partial charge is 0.180 e. The first-order valence-electron chi connectivity index (χ1n) is 5.89. The number of likely N-dealkylation sites (N-methyl/N-ethyl adjacent to an activating group) is 1. The van der Waals surface area contributed by atoms with E-state index in [4.69, 9.17) is 0 Å². The minimum Gasteiger partial charge on any atom is -0.507 e. The number of nitrogens with zero attached hydrogens (tertiary/aromatic N) is 1. The van der Waals surface area contributed by atoms with Gasteiger partial charge in [0.2, 0.25) is 0 Å². The minimum absolute atomic E-state index is 0.0375. The third-order valence-electron chi connectivity index (χ3n) is 2.64. The molecule has 0 aliphatic rings. The Kier molecular flexibility index (Phi) is 5.74. The fourth-order valence-corrected chi connectivity index (χ4v) is 1.67. The van der Waals surface area contributed by atoms with Gasteiger partial charge < -0.3 is 10.4 Å². The summed E-state index contributed by atoms with van der Waals surface area (Å²) in [7, 11) is 3.69. The Morgan fingerprint density at radius 3 is 2.89 bits per heavy atom. The predicted octanol–water partition coefficient (Wildman–Crippen LogP) is 1.26. The summed E-state index contributed by atoms with van der Waals surface area (Å²) in [5.74, 6) is -0.974. The van der Waals surface area contributed by atoms with Gasteiger partial charge in [-0.3, -0.25) is 9.69 Å². The molecule has 0 fully saturated rings. The fraction of sp³-hybridized carbons (Fsp3) is 0.462. The van der Waals surface area contributed by atoms with Crippen LogP contribution < -0.4 is 5.32 Å². The maximum atomic E-state index is 13.0. The molecule has 5 heteroatoms. The second-order valence-electron chi connectivity index (χ2n) is 4.28. The maximum Gasteiger partial charge on any atom is 0.180 e. The van der Waals surface area contributed by atoms with E-state index in [-0.39, 0.29) is 23.6 Å². The van der Waals surface area contributed by atoms with Crippen LogP contribution in [0.4, 0.5) is 4.39 Å². The molecule has 100 valence electrons. The second kappa shape index (κ2) is 7.08. The summed E-state index contributed by atoms with van der Waals surface area (Å²) in [6, 6.07) is 3.39. The van der Waals surface area contributed by atoms with E-state index in [1.807, 2.05) is 19.0 Å². The Bertz CT molecular complexity index is 410. The van der Waals surface area contributed by atoms with Gasteiger partial charge in [0.05, 0.1) is 12.1 Å². The van der Waals surface area contributed by atoms with Crippen LogP contribution in [0.25, 0.3) is 0 Å². The Hall–Kier alpha value is -1.46. The Balaban J connectivity index is 2.56. The molecule has 0 radical (unpaired) electrons. The van der Waals surface area contributed by atoms with Crippen LogP contribution in [-0.2, 0) is 0 Å². The number of nitrogens with one attached hydrogen (secondary N) is 1. The minimum atomic E-state index is -0.519. The van der Waals surface area contributed by atoms with Crippen molar-refractivity contribution in [3.8, 4) is 5.75 Å². The number of hydrogen-bond donors (Lipinski definition) is 2. The number of carbonyl (C=O) groups is 1. The number of rotatable bonds is 7. The molecule has 2 N–H and O–H groups in total. The first-order chi connectivity index (χ1) is 8.54. The molecule has 4 nitrogen and oxygen atoms in total. The topological polar surface area (TPSA) is 52.6 Å². The molecule has 0 heterocycles. The lowest BCUT2D eigenvalue weighted by atomic mass is 10.1. The number of ketones is 1. The summed E-state index contributed by atoms with van der Waals surface area (Å²) in [4.78, 5) is 13.7. The SMILES string of the molecule is CNCCCN(C)CC(=O)c1cc(F)ccc1O. The molecule has 0 aliphatic heterocycles. The van der Waals surface area contributed by atoms with Crippen LogP contribution in [0.15, 0.2) is 18.2 Å². The van der Waals surface area contributed by atoms with Gasteiger partial charge in [-0.25, -0.2) is 4.39 Å². The summed E-state index contributed by atoms with van der Waals surface area (Å²) in [6.07, 6.45) is 0.926. The molecule has 0 atom stereocenters. The van der Waals surface area contributed by atoms with E-state index in [1.54, 1.807) is 0 Å². The summed E-state index contributed by atoms with van der Waals surface area (Å²) < 4.78 is 13.0. The van der Waals surface area contributed by atoms with E-state index in [9.17, 15) is 14.3 Å². The number of phenolic OH excluding ortho intramolecular Hbond substituents is 1. The molecular weight excluding hydrogens is 235 g/mol. The van der Waals surface area contributed by atoms with Gasteiger partial charge in [0.1, 0.15) is 11.6 Å². The molecule has 0 aliphatic carbocycles. The fourth-order valence-electron chi connectivity index (χ4n) is 1.67. The lowest BCUT2D eigenvalue weighted by Crippen LogP contribution is -2.28. The number of aromatic hydroxyl groups is 1. The van der Waals surface area contributed by atoms with Crippen molar-refractivity contribution in [1.82, 2.24) is 10.2 Å². The first kappa shape index (κ1) is 14.6. The van der Waals surface area contributed by atoms with Crippen LogP contribution in [0.3, 0.4) is 0 Å². The zero-order chi connectivity index (χ0) is 13.5. The van der Waals surface area contributed by atoms with Crippen LogP contribution in [0, 0.1) is 5.82 Å². The van der Waals surface area contributed by atoms with Gasteiger partial charge >= 0.3 is 0 Å². The Labute approximate surface area is 106 Å². The van der Waals surface area contributed by atoms with E-state index in [0.717, 1.165) is 31.6 Å². The van der Waals surface area contributed by atoms with Crippen LogP contribution in [0.1, 0.15) is 16.8 Å². The monoisotopic (exact) mass is 254 g/mol. The summed E-state index contributed by atoms with van der Waals surface area (Å²) in [5, 5.41) is 12.5. The van der Waals surface area contributed by atoms with E-state index < -0.39 is 5.82 Å². The van der Waals surface area contributed by atoms with Crippen molar-refractivity contribution in [3.05, 3.63) is 29.6 Å². The number of hydrogen-bond acceptors (Lipinski definition) is 4. The molecule has 0 bridgehead atoms. The highest BCUT2D eigenvalue weighted by molar-refractivity contribution is 5.99. The van der Waals surface area contributed by atoms with Gasteiger partial charge in [-0.05, 0) is 51.8 Å². The van der Waals surface area contributed by atoms with E-state index in [1.165, 1.54) is 6.07 Å². The van der Waals surface area contributed by atoms with Crippen molar-refractivity contribution in [3.63, 3.8) is 0 Å². The van der Waals surface area contributed by atoms with Crippen LogP contribution in [-0.4, -0.2) is 49.5 Å². The molecule has 0 saturated carbocycles. The summed E-state index contributed by atoms with van der Waals surface area (Å²) in [5.41, 5.74) is 0.0375. The third-order valence-corrected chi connectivity index (χ3v) is 2.64. The Morgan fingerprint density at radius 1 is 1.50 bits per heavy atom. The molecule has 0 aromatic heterocycles. The largest absolute Gasteiger partial charge is 0.507 e. The normalized spacial score (nSPS) is 10.9. The lowest BCUT2D eigenvalue weighted by Gasteiger charge is -2.15. The average molecular weight is 254 g/mol. The van der Waals surface area contributed by atoms with Crippen molar-refractivity contribution < 1.29 is 14.3 Å². The van der Waals surface area contributed by atoms with Crippen LogP contribution >= 0.6 is 0 Å². The number of halogens is 1. The van der Waals surface area contributed by atoms with Gasteiger partial charge in [-0.15, -0.1) is 0 Å². The molecular formula is C13H19FN2O2. The van der Waals surface area contributed by atoms with Crippen LogP contribution in [0.5, 0.6) is 5.75 Å². The van der Waals surface area contributed by atoms with E-state index in [2.05, 4.69) is 5.32 Å². The highest BCUT2D eigenvalue weighted by atomic mass is 19.1. The number of phenols is 1. The standard InChI is InChI=1S/C13H19FN2O2/c1-15-6-3-7-16(2)9-13(18)11-8-10(14)4-5-12(11)17/h4-5,8,15,17H,3,6-7,9H2,1-2H3. The maximum absolute atomic E-state index is 13.0. The highest BCUT2D eigenvalue weighted by Gasteiger charge is 2.14. The molecule has 0 saturated heterocycles. The second-order valence-corrected chi connectivity index (χ2v) is 4.28. The van der Waals surface area contributed by atoms with E-state index in [0.29, 0.717) is 0 Å². The number of benzene rings is 1. The average Bonchev–Trinajstić information content (AvgIpc) is 2.32. The highest BCUT2D eigenvalue weighted by Crippen LogP contribution is 2.18. The number of Topliss-reactive ketones (excluding diaryl/α,β-unsaturated/α-hetero) is 1. The quantitative estimate of drug-likeness (QED) is 0.568. The zero-order valence-corrected chi connectivity index (χ0v) is 10.7. The molecule has 1 rings (SSSR count). The van der Waals surface area contributed by atoms with Crippen molar-refractivity contribution in [2.45, 2.75) is 6.42 Å². The molecule has 0 amide bonds. The molecule has 0 unspecified atom stereocenters. The van der Waals surface area contributed by atoms with Crippen molar-refractivity contribution >= 4 is 5.78 Å². The molecule has 18 heavy (non-hydrogen) atoms. The zero-order valence-electron chi connectivity index (χ0n) is 10.7. The predicted molar refractivity (Wildman–Crippen MR) is 68.4 cm³/mol. The van der Waals surface area contributed by atoms with Crippen molar-refractivity contribution in [2.75, 3.05) is 33.7 Å². The van der Waals surface area contributed by atoms with Crippen molar-refractivity contribution in [1.29, 1.82) is 0 Å². The van der Waals surface area contributed by atoms with Gasteiger partial charge in [0.15, 0.2) is 5.78 Å². The molecule has 1 aromatic rings. The van der Waals surface area contributed by atoms with Gasteiger partial charge in [0.25, 0.3) is 0 Å². The third kappa shape index (κ3) is 4.43. The lowest BCUT2D eigenvalue weighted by molar-refractivity contribution is 0.0942. The molecule has 0 spiro atoms. The summed E-state index contributed by atoms with van der Waals surface area (Å²) in [6.45, 7) is 1.81. The van der Waals surface area contributed by atoms with E-state index >= 15 is 0 Å². The van der Waals surface area contributed by atoms with Gasteiger partial charge in [-0.2, -0.15) is 0 Å².